The summed E-state index contributed by atoms with van der Waals surface area (Å²) in [6.07, 6.45) is 33.0. The number of amides is 1. The number of aliphatic hydroxyl groups is 1. The molecule has 0 aromatic heterocycles. The summed E-state index contributed by atoms with van der Waals surface area (Å²) in [6.45, 7) is 3.95. The van der Waals surface area contributed by atoms with Gasteiger partial charge in [-0.1, -0.05) is 101 Å². The molecule has 0 aliphatic rings. The van der Waals surface area contributed by atoms with E-state index < -0.39 is 20.0 Å². The number of carbonyl (C=O) groups excluding carboxylic acids is 1. The Morgan fingerprint density at radius 2 is 1.31 bits per heavy atom. The van der Waals surface area contributed by atoms with Gasteiger partial charge in [-0.3, -0.25) is 13.8 Å². The second-order valence-corrected chi connectivity index (χ2v) is 12.1. The summed E-state index contributed by atoms with van der Waals surface area (Å²) >= 11 is 0. The van der Waals surface area contributed by atoms with E-state index >= 15 is 0 Å². The lowest BCUT2D eigenvalue weighted by atomic mass is 10.1. The summed E-state index contributed by atoms with van der Waals surface area (Å²) in [5.74, 6) is -0.225. The van der Waals surface area contributed by atoms with Gasteiger partial charge in [0.1, 0.15) is 0 Å². The largest absolute Gasteiger partial charge is 0.472 e. The first-order chi connectivity index (χ1) is 20.4. The summed E-state index contributed by atoms with van der Waals surface area (Å²) in [6, 6.07) is -0.884. The fourth-order valence-corrected chi connectivity index (χ4v) is 4.86. The van der Waals surface area contributed by atoms with Crippen molar-refractivity contribution >= 4 is 13.7 Å². The predicted octanol–water partition coefficient (Wildman–Crippen LogP) is 7.82. The lowest BCUT2D eigenvalue weighted by Crippen LogP contribution is -2.45. The molecule has 0 rings (SSSR count). The maximum Gasteiger partial charge on any atom is 0.472 e. The van der Waals surface area contributed by atoms with Gasteiger partial charge in [0.2, 0.25) is 5.91 Å². The zero-order chi connectivity index (χ0) is 31.2. The van der Waals surface area contributed by atoms with Gasteiger partial charge in [-0.2, -0.15) is 0 Å². The molecule has 0 heterocycles. The number of phosphoric acid groups is 1. The first-order valence-electron chi connectivity index (χ1n) is 16.3. The Labute approximate surface area is 256 Å². The molecule has 244 valence electrons. The number of rotatable bonds is 29. The average Bonchev–Trinajstić information content (AvgIpc) is 2.97. The fourth-order valence-electron chi connectivity index (χ4n) is 4.10. The Balaban J connectivity index is 4.54. The van der Waals surface area contributed by atoms with Crippen molar-refractivity contribution in [2.45, 2.75) is 135 Å². The highest BCUT2D eigenvalue weighted by atomic mass is 31.2. The van der Waals surface area contributed by atoms with E-state index in [9.17, 15) is 19.4 Å². The Morgan fingerprint density at radius 1 is 0.762 bits per heavy atom. The third-order valence-corrected chi connectivity index (χ3v) is 7.57. The third kappa shape index (κ3) is 27.3. The van der Waals surface area contributed by atoms with Crippen molar-refractivity contribution < 1.29 is 28.4 Å². The van der Waals surface area contributed by atoms with E-state index in [4.69, 9.17) is 14.8 Å². The maximum atomic E-state index is 12.6. The first-order valence-corrected chi connectivity index (χ1v) is 17.8. The van der Waals surface area contributed by atoms with E-state index in [0.29, 0.717) is 6.42 Å². The SMILES string of the molecule is CCC/C=C\CCCCCCCC(=O)NC(COP(=O)(O)OCCN)C(O)/C=C/CC/C=C/CC/C=C/CCCCC. The van der Waals surface area contributed by atoms with E-state index in [-0.39, 0.29) is 25.7 Å². The van der Waals surface area contributed by atoms with Crippen molar-refractivity contribution in [2.24, 2.45) is 5.73 Å². The number of unbranched alkanes of at least 4 members (excludes halogenated alkanes) is 11. The Kier molecular flexibility index (Phi) is 28.4. The minimum absolute atomic E-state index is 0.0686. The number of aliphatic hydroxyl groups excluding tert-OH is 1. The molecule has 1 amide bonds. The minimum Gasteiger partial charge on any atom is -0.387 e. The molecule has 3 atom stereocenters. The molecule has 0 fully saturated rings. The zero-order valence-electron chi connectivity index (χ0n) is 26.5. The first kappa shape index (κ1) is 40.5. The van der Waals surface area contributed by atoms with Crippen molar-refractivity contribution in [2.75, 3.05) is 19.8 Å². The van der Waals surface area contributed by atoms with E-state index in [2.05, 4.69) is 55.6 Å². The van der Waals surface area contributed by atoms with Crippen LogP contribution in [0.4, 0.5) is 0 Å². The standard InChI is InChI=1S/C33H61N2O6P/c1-3-5-7-9-11-13-15-16-17-18-20-22-24-26-32(36)31(30-41-42(38,39)40-29-28-34)35-33(37)27-25-23-21-19-14-12-10-8-6-4-2/h8,10-11,13,17-18,24,26,31-32,36H,3-7,9,12,14-16,19-23,25,27-30,34H2,1-2H3,(H,35,37)(H,38,39)/b10-8-,13-11+,18-17+,26-24+. The number of phosphoric ester groups is 1. The molecule has 3 unspecified atom stereocenters. The van der Waals surface area contributed by atoms with Gasteiger partial charge < -0.3 is 21.1 Å². The van der Waals surface area contributed by atoms with Crippen LogP contribution >= 0.6 is 7.82 Å². The molecule has 0 aromatic carbocycles. The molecular formula is C33H61N2O6P. The van der Waals surface area contributed by atoms with Crippen LogP contribution in [0.3, 0.4) is 0 Å². The highest BCUT2D eigenvalue weighted by Gasteiger charge is 2.26. The molecular weight excluding hydrogens is 551 g/mol. The van der Waals surface area contributed by atoms with Crippen LogP contribution in [0.1, 0.15) is 123 Å². The molecule has 9 heteroatoms. The number of hydrogen-bond acceptors (Lipinski definition) is 6. The van der Waals surface area contributed by atoms with E-state index in [1.165, 1.54) is 25.7 Å². The normalized spacial score (nSPS) is 15.3. The summed E-state index contributed by atoms with van der Waals surface area (Å²) in [7, 11) is -4.34. The summed E-state index contributed by atoms with van der Waals surface area (Å²) in [4.78, 5) is 22.4. The minimum atomic E-state index is -4.34. The Morgan fingerprint density at radius 3 is 1.93 bits per heavy atom. The molecule has 42 heavy (non-hydrogen) atoms. The average molecular weight is 613 g/mol. The molecule has 8 nitrogen and oxygen atoms in total. The second kappa shape index (κ2) is 29.5. The molecule has 0 bridgehead atoms. The molecule has 0 aliphatic heterocycles. The molecule has 0 aromatic rings. The van der Waals surface area contributed by atoms with Gasteiger partial charge >= 0.3 is 7.82 Å². The van der Waals surface area contributed by atoms with Gasteiger partial charge in [0.05, 0.1) is 25.4 Å². The number of nitrogens with one attached hydrogen (secondary N) is 1. The van der Waals surface area contributed by atoms with E-state index in [0.717, 1.165) is 77.0 Å². The smallest absolute Gasteiger partial charge is 0.387 e. The van der Waals surface area contributed by atoms with Crippen molar-refractivity contribution in [1.82, 2.24) is 5.32 Å². The van der Waals surface area contributed by atoms with Crippen molar-refractivity contribution in [3.8, 4) is 0 Å². The number of hydrogen-bond donors (Lipinski definition) is 4. The van der Waals surface area contributed by atoms with Crippen LogP contribution in [-0.2, 0) is 18.4 Å². The van der Waals surface area contributed by atoms with Crippen molar-refractivity contribution in [3.05, 3.63) is 48.6 Å². The Bertz CT molecular complexity index is 799. The Hall–Kier alpha value is -1.54. The van der Waals surface area contributed by atoms with Crippen LogP contribution in [-0.4, -0.2) is 47.8 Å². The predicted molar refractivity (Wildman–Crippen MR) is 175 cm³/mol. The second-order valence-electron chi connectivity index (χ2n) is 10.6. The number of nitrogens with two attached hydrogens (primary N) is 1. The summed E-state index contributed by atoms with van der Waals surface area (Å²) in [5, 5.41) is 13.5. The summed E-state index contributed by atoms with van der Waals surface area (Å²) in [5.41, 5.74) is 5.33. The maximum absolute atomic E-state index is 12.6. The number of carbonyl (C=O) groups is 1. The molecule has 0 saturated heterocycles. The molecule has 0 radical (unpaired) electrons. The highest BCUT2D eigenvalue weighted by molar-refractivity contribution is 7.47. The lowest BCUT2D eigenvalue weighted by molar-refractivity contribution is -0.123. The van der Waals surface area contributed by atoms with Gasteiger partial charge in [-0.05, 0) is 64.2 Å². The zero-order valence-corrected chi connectivity index (χ0v) is 27.4. The van der Waals surface area contributed by atoms with Crippen LogP contribution < -0.4 is 11.1 Å². The van der Waals surface area contributed by atoms with E-state index in [1.807, 2.05) is 6.08 Å². The molecule has 0 saturated carbocycles. The van der Waals surface area contributed by atoms with Gasteiger partial charge in [-0.25, -0.2) is 4.57 Å². The van der Waals surface area contributed by atoms with Gasteiger partial charge in [0.15, 0.2) is 0 Å². The third-order valence-electron chi connectivity index (χ3n) is 6.59. The molecule has 5 N–H and O–H groups in total. The van der Waals surface area contributed by atoms with Gasteiger partial charge in [0, 0.05) is 13.0 Å². The van der Waals surface area contributed by atoms with E-state index in [1.54, 1.807) is 6.08 Å². The molecule has 0 spiro atoms. The van der Waals surface area contributed by atoms with Crippen molar-refractivity contribution in [1.29, 1.82) is 0 Å². The highest BCUT2D eigenvalue weighted by Crippen LogP contribution is 2.43. The number of allylic oxidation sites excluding steroid dienone is 7. The summed E-state index contributed by atoms with van der Waals surface area (Å²) < 4.78 is 21.9. The van der Waals surface area contributed by atoms with Crippen LogP contribution in [0, 0.1) is 0 Å². The lowest BCUT2D eigenvalue weighted by Gasteiger charge is -2.23. The van der Waals surface area contributed by atoms with Crippen LogP contribution in [0.5, 0.6) is 0 Å². The van der Waals surface area contributed by atoms with Crippen LogP contribution in [0.15, 0.2) is 48.6 Å². The van der Waals surface area contributed by atoms with Crippen molar-refractivity contribution in [3.63, 3.8) is 0 Å². The molecule has 0 aliphatic carbocycles. The van der Waals surface area contributed by atoms with Gasteiger partial charge in [0.25, 0.3) is 0 Å². The van der Waals surface area contributed by atoms with Crippen LogP contribution in [0.2, 0.25) is 0 Å². The monoisotopic (exact) mass is 612 g/mol. The topological polar surface area (TPSA) is 131 Å². The quantitative estimate of drug-likeness (QED) is 0.0385. The van der Waals surface area contributed by atoms with Crippen LogP contribution in [0.25, 0.3) is 0 Å². The van der Waals surface area contributed by atoms with Gasteiger partial charge in [-0.15, -0.1) is 0 Å². The fraction of sp³-hybridized carbons (Fsp3) is 0.727.